The SMILES string of the molecule is COC(=O)c1cc(C)n(CCCNC(C)=O)c1C. The molecule has 100 valence electrons. The number of nitrogens with zero attached hydrogens (tertiary/aromatic N) is 1. The second-order valence-electron chi connectivity index (χ2n) is 4.26. The number of hydrogen-bond donors (Lipinski definition) is 1. The van der Waals surface area contributed by atoms with Crippen molar-refractivity contribution >= 4 is 11.9 Å². The van der Waals surface area contributed by atoms with Crippen molar-refractivity contribution in [2.75, 3.05) is 13.7 Å². The van der Waals surface area contributed by atoms with Crippen LogP contribution in [0.4, 0.5) is 0 Å². The quantitative estimate of drug-likeness (QED) is 0.637. The molecule has 0 radical (unpaired) electrons. The Bertz CT molecular complexity index is 449. The van der Waals surface area contributed by atoms with Gasteiger partial charge in [-0.2, -0.15) is 0 Å². The van der Waals surface area contributed by atoms with E-state index in [0.29, 0.717) is 12.1 Å². The van der Waals surface area contributed by atoms with Crippen LogP contribution < -0.4 is 5.32 Å². The van der Waals surface area contributed by atoms with E-state index < -0.39 is 0 Å². The summed E-state index contributed by atoms with van der Waals surface area (Å²) in [4.78, 5) is 22.3. The summed E-state index contributed by atoms with van der Waals surface area (Å²) in [5, 5.41) is 2.75. The molecule has 1 heterocycles. The van der Waals surface area contributed by atoms with Crippen LogP contribution in [-0.2, 0) is 16.1 Å². The smallest absolute Gasteiger partial charge is 0.339 e. The van der Waals surface area contributed by atoms with Crippen LogP contribution in [0.1, 0.15) is 35.1 Å². The second-order valence-corrected chi connectivity index (χ2v) is 4.26. The summed E-state index contributed by atoms with van der Waals surface area (Å²) in [5.41, 5.74) is 2.53. The van der Waals surface area contributed by atoms with E-state index in [-0.39, 0.29) is 11.9 Å². The average molecular weight is 252 g/mol. The van der Waals surface area contributed by atoms with Crippen LogP contribution in [-0.4, -0.2) is 30.1 Å². The first-order valence-electron chi connectivity index (χ1n) is 5.96. The van der Waals surface area contributed by atoms with Crippen molar-refractivity contribution in [3.8, 4) is 0 Å². The third-order valence-corrected chi connectivity index (χ3v) is 2.91. The first kappa shape index (κ1) is 14.3. The highest BCUT2D eigenvalue weighted by molar-refractivity contribution is 5.91. The summed E-state index contributed by atoms with van der Waals surface area (Å²) >= 11 is 0. The van der Waals surface area contributed by atoms with Gasteiger partial charge in [0.2, 0.25) is 5.91 Å². The van der Waals surface area contributed by atoms with Crippen LogP contribution in [0.5, 0.6) is 0 Å². The molecule has 0 aromatic carbocycles. The molecule has 0 aliphatic carbocycles. The fourth-order valence-electron chi connectivity index (χ4n) is 1.96. The zero-order chi connectivity index (χ0) is 13.7. The van der Waals surface area contributed by atoms with Crippen LogP contribution >= 0.6 is 0 Å². The Hall–Kier alpha value is -1.78. The second kappa shape index (κ2) is 6.23. The topological polar surface area (TPSA) is 60.3 Å². The Morgan fingerprint density at radius 1 is 1.39 bits per heavy atom. The molecule has 0 atom stereocenters. The molecule has 1 aromatic heterocycles. The maximum Gasteiger partial charge on any atom is 0.339 e. The number of rotatable bonds is 5. The summed E-state index contributed by atoms with van der Waals surface area (Å²) in [5.74, 6) is -0.331. The van der Waals surface area contributed by atoms with Gasteiger partial charge in [0.25, 0.3) is 0 Å². The van der Waals surface area contributed by atoms with Crippen molar-refractivity contribution in [3.05, 3.63) is 23.0 Å². The fourth-order valence-corrected chi connectivity index (χ4v) is 1.96. The number of methoxy groups -OCH3 is 1. The molecule has 5 nitrogen and oxygen atoms in total. The lowest BCUT2D eigenvalue weighted by Gasteiger charge is -2.09. The van der Waals surface area contributed by atoms with Crippen molar-refractivity contribution in [2.24, 2.45) is 0 Å². The van der Waals surface area contributed by atoms with E-state index in [1.165, 1.54) is 14.0 Å². The van der Waals surface area contributed by atoms with Crippen molar-refractivity contribution in [3.63, 3.8) is 0 Å². The maximum absolute atomic E-state index is 11.5. The molecule has 5 heteroatoms. The summed E-state index contributed by atoms with van der Waals surface area (Å²) in [6.07, 6.45) is 0.830. The summed E-state index contributed by atoms with van der Waals surface area (Å²) < 4.78 is 6.80. The number of nitrogens with one attached hydrogen (secondary N) is 1. The van der Waals surface area contributed by atoms with Gasteiger partial charge >= 0.3 is 5.97 Å². The van der Waals surface area contributed by atoms with E-state index in [2.05, 4.69) is 9.88 Å². The van der Waals surface area contributed by atoms with Gasteiger partial charge in [0.05, 0.1) is 12.7 Å². The zero-order valence-corrected chi connectivity index (χ0v) is 11.4. The minimum absolute atomic E-state index is 0.0220. The predicted octanol–water partition coefficient (Wildman–Crippen LogP) is 1.42. The molecule has 0 fully saturated rings. The highest BCUT2D eigenvalue weighted by Gasteiger charge is 2.15. The van der Waals surface area contributed by atoms with Gasteiger partial charge in [0, 0.05) is 31.4 Å². The number of hydrogen-bond acceptors (Lipinski definition) is 3. The van der Waals surface area contributed by atoms with Gasteiger partial charge in [-0.15, -0.1) is 0 Å². The summed E-state index contributed by atoms with van der Waals surface area (Å²) in [7, 11) is 1.38. The zero-order valence-electron chi connectivity index (χ0n) is 11.4. The van der Waals surface area contributed by atoms with Crippen molar-refractivity contribution in [1.29, 1.82) is 0 Å². The monoisotopic (exact) mass is 252 g/mol. The van der Waals surface area contributed by atoms with Gasteiger partial charge in [-0.1, -0.05) is 0 Å². The van der Waals surface area contributed by atoms with Gasteiger partial charge in [0.15, 0.2) is 0 Å². The molecule has 1 amide bonds. The number of esters is 1. The predicted molar refractivity (Wildman–Crippen MR) is 68.5 cm³/mol. The van der Waals surface area contributed by atoms with Gasteiger partial charge in [-0.05, 0) is 26.3 Å². The Kier molecular flexibility index (Phi) is 4.95. The molecule has 0 saturated carbocycles. The molecule has 0 spiro atoms. The lowest BCUT2D eigenvalue weighted by atomic mass is 10.2. The lowest BCUT2D eigenvalue weighted by molar-refractivity contribution is -0.118. The molecule has 0 saturated heterocycles. The van der Waals surface area contributed by atoms with Crippen LogP contribution in [0, 0.1) is 13.8 Å². The highest BCUT2D eigenvalue weighted by atomic mass is 16.5. The Labute approximate surface area is 107 Å². The Balaban J connectivity index is 2.69. The first-order valence-corrected chi connectivity index (χ1v) is 5.96. The number of carbonyl (C=O) groups is 2. The maximum atomic E-state index is 11.5. The molecular weight excluding hydrogens is 232 g/mol. The molecule has 1 aromatic rings. The first-order chi connectivity index (χ1) is 8.47. The van der Waals surface area contributed by atoms with Crippen LogP contribution in [0.2, 0.25) is 0 Å². The number of carbonyl (C=O) groups excluding carboxylic acids is 2. The van der Waals surface area contributed by atoms with Gasteiger partial charge in [-0.25, -0.2) is 4.79 Å². The number of aromatic nitrogens is 1. The van der Waals surface area contributed by atoms with E-state index in [9.17, 15) is 9.59 Å². The van der Waals surface area contributed by atoms with Gasteiger partial charge in [-0.3, -0.25) is 4.79 Å². The molecule has 1 rings (SSSR count). The Morgan fingerprint density at radius 3 is 2.61 bits per heavy atom. The van der Waals surface area contributed by atoms with E-state index in [4.69, 9.17) is 4.74 Å². The third kappa shape index (κ3) is 3.35. The van der Waals surface area contributed by atoms with E-state index >= 15 is 0 Å². The van der Waals surface area contributed by atoms with Crippen molar-refractivity contribution in [1.82, 2.24) is 9.88 Å². The molecule has 0 bridgehead atoms. The van der Waals surface area contributed by atoms with Crippen LogP contribution in [0.15, 0.2) is 6.07 Å². The summed E-state index contributed by atoms with van der Waals surface area (Å²) in [6.45, 7) is 6.77. The highest BCUT2D eigenvalue weighted by Crippen LogP contribution is 2.16. The van der Waals surface area contributed by atoms with Gasteiger partial charge in [0.1, 0.15) is 0 Å². The van der Waals surface area contributed by atoms with Crippen molar-refractivity contribution < 1.29 is 14.3 Å². The van der Waals surface area contributed by atoms with E-state index in [1.807, 2.05) is 19.9 Å². The third-order valence-electron chi connectivity index (χ3n) is 2.91. The summed E-state index contributed by atoms with van der Waals surface area (Å²) in [6, 6.07) is 1.83. The number of ether oxygens (including phenoxy) is 1. The number of amides is 1. The molecule has 1 N–H and O–H groups in total. The standard InChI is InChI=1S/C13H20N2O3/c1-9-8-12(13(17)18-4)10(2)15(9)7-5-6-14-11(3)16/h8H,5-7H2,1-4H3,(H,14,16). The average Bonchev–Trinajstić information content (AvgIpc) is 2.60. The van der Waals surface area contributed by atoms with E-state index in [0.717, 1.165) is 24.4 Å². The molecular formula is C13H20N2O3. The minimum atomic E-state index is -0.309. The molecule has 18 heavy (non-hydrogen) atoms. The van der Waals surface area contributed by atoms with E-state index in [1.54, 1.807) is 0 Å². The molecule has 0 aliphatic rings. The largest absolute Gasteiger partial charge is 0.465 e. The lowest BCUT2D eigenvalue weighted by Crippen LogP contribution is -2.22. The van der Waals surface area contributed by atoms with Gasteiger partial charge < -0.3 is 14.6 Å². The molecule has 0 unspecified atom stereocenters. The van der Waals surface area contributed by atoms with Crippen LogP contribution in [0.3, 0.4) is 0 Å². The Morgan fingerprint density at radius 2 is 2.06 bits per heavy atom. The number of aryl methyl sites for hydroxylation is 1. The minimum Gasteiger partial charge on any atom is -0.465 e. The fraction of sp³-hybridized carbons (Fsp3) is 0.538. The van der Waals surface area contributed by atoms with Crippen LogP contribution in [0.25, 0.3) is 0 Å². The normalized spacial score (nSPS) is 10.2. The molecule has 0 aliphatic heterocycles. The van der Waals surface area contributed by atoms with Crippen molar-refractivity contribution in [2.45, 2.75) is 33.7 Å².